The van der Waals surface area contributed by atoms with Crippen molar-refractivity contribution in [1.82, 2.24) is 15.1 Å². The summed E-state index contributed by atoms with van der Waals surface area (Å²) in [5.41, 5.74) is 1.27. The Hall–Kier alpha value is -1.56. The fourth-order valence-corrected chi connectivity index (χ4v) is 3.75. The molecule has 0 saturated carbocycles. The van der Waals surface area contributed by atoms with Gasteiger partial charge in [-0.2, -0.15) is 5.10 Å². The van der Waals surface area contributed by atoms with Crippen LogP contribution in [0.15, 0.2) is 24.3 Å². The highest BCUT2D eigenvalue weighted by molar-refractivity contribution is 6.42. The van der Waals surface area contributed by atoms with Crippen LogP contribution < -0.4 is 0 Å². The number of hydrogen-bond acceptors (Lipinski definition) is 3. The molecule has 1 amide bonds. The van der Waals surface area contributed by atoms with E-state index in [1.165, 1.54) is 0 Å². The summed E-state index contributed by atoms with van der Waals surface area (Å²) >= 11 is 12.0. The molecule has 1 aliphatic rings. The molecular formula is C19H23Cl2N3O2. The topological polar surface area (TPSA) is 69.2 Å². The second-order valence-corrected chi connectivity index (χ2v) is 8.36. The lowest BCUT2D eigenvalue weighted by molar-refractivity contribution is 0.0357. The van der Waals surface area contributed by atoms with Gasteiger partial charge in [0.1, 0.15) is 5.69 Å². The summed E-state index contributed by atoms with van der Waals surface area (Å²) in [6, 6.07) is 7.00. The predicted molar refractivity (Wildman–Crippen MR) is 104 cm³/mol. The Balaban J connectivity index is 1.64. The molecule has 0 atom stereocenters. The number of amides is 1. The minimum Gasteiger partial charge on any atom is -0.390 e. The van der Waals surface area contributed by atoms with Crippen LogP contribution in [0.2, 0.25) is 10.0 Å². The van der Waals surface area contributed by atoms with Gasteiger partial charge in [-0.1, -0.05) is 29.3 Å². The molecule has 5 nitrogen and oxygen atoms in total. The molecule has 7 heteroatoms. The third-order valence-electron chi connectivity index (χ3n) is 4.71. The van der Waals surface area contributed by atoms with Gasteiger partial charge in [-0.3, -0.25) is 9.89 Å². The Morgan fingerprint density at radius 2 is 1.96 bits per heavy atom. The van der Waals surface area contributed by atoms with Gasteiger partial charge in [-0.25, -0.2) is 0 Å². The number of carbonyl (C=O) groups is 1. The van der Waals surface area contributed by atoms with E-state index in [9.17, 15) is 9.90 Å². The number of H-pyrrole nitrogens is 1. The first-order chi connectivity index (χ1) is 12.2. The first-order valence-electron chi connectivity index (χ1n) is 8.75. The van der Waals surface area contributed by atoms with E-state index >= 15 is 0 Å². The summed E-state index contributed by atoms with van der Waals surface area (Å²) in [5, 5.41) is 18.0. The van der Waals surface area contributed by atoms with Gasteiger partial charge in [0, 0.05) is 18.7 Å². The molecule has 0 aliphatic carbocycles. The molecule has 1 saturated heterocycles. The maximum atomic E-state index is 12.7. The van der Waals surface area contributed by atoms with Gasteiger partial charge in [-0.05, 0) is 57.2 Å². The van der Waals surface area contributed by atoms with Gasteiger partial charge < -0.3 is 10.0 Å². The van der Waals surface area contributed by atoms with Crippen LogP contribution in [0.4, 0.5) is 0 Å². The first kappa shape index (κ1) is 19.2. The molecule has 26 heavy (non-hydrogen) atoms. The summed E-state index contributed by atoms with van der Waals surface area (Å²) in [6.07, 6.45) is 2.58. The third-order valence-corrected chi connectivity index (χ3v) is 5.45. The van der Waals surface area contributed by atoms with Crippen molar-refractivity contribution >= 4 is 29.1 Å². The summed E-state index contributed by atoms with van der Waals surface area (Å²) in [7, 11) is 0. The standard InChI is InChI=1S/C19H23Cl2N3O2/c1-19(2,26)11-12-5-7-24(8-6-12)18(25)17-10-16(22-23-17)13-3-4-14(20)15(21)9-13/h3-4,9-10,12,26H,5-8,11H2,1-2H3,(H,22,23). The fourth-order valence-electron chi connectivity index (χ4n) is 3.45. The number of aromatic amines is 1. The minimum atomic E-state index is -0.658. The van der Waals surface area contributed by atoms with E-state index in [2.05, 4.69) is 10.2 Å². The fraction of sp³-hybridized carbons (Fsp3) is 0.474. The van der Waals surface area contributed by atoms with E-state index in [1.807, 2.05) is 24.8 Å². The molecule has 2 N–H and O–H groups in total. The van der Waals surface area contributed by atoms with Crippen LogP contribution in [0.25, 0.3) is 11.3 Å². The van der Waals surface area contributed by atoms with E-state index in [4.69, 9.17) is 23.2 Å². The lowest BCUT2D eigenvalue weighted by Gasteiger charge is -2.34. The van der Waals surface area contributed by atoms with E-state index in [-0.39, 0.29) is 5.91 Å². The molecule has 0 bridgehead atoms. The van der Waals surface area contributed by atoms with E-state index in [0.717, 1.165) is 24.8 Å². The number of nitrogens with one attached hydrogen (secondary N) is 1. The van der Waals surface area contributed by atoms with Gasteiger partial charge in [0.15, 0.2) is 0 Å². The summed E-state index contributed by atoms with van der Waals surface area (Å²) < 4.78 is 0. The van der Waals surface area contributed by atoms with Crippen LogP contribution in [0.1, 0.15) is 43.6 Å². The zero-order chi connectivity index (χ0) is 18.9. The van der Waals surface area contributed by atoms with Crippen LogP contribution >= 0.6 is 23.2 Å². The Bertz CT molecular complexity index is 790. The van der Waals surface area contributed by atoms with Gasteiger partial charge in [0.2, 0.25) is 0 Å². The molecule has 1 fully saturated rings. The zero-order valence-electron chi connectivity index (χ0n) is 14.9. The zero-order valence-corrected chi connectivity index (χ0v) is 16.4. The van der Waals surface area contributed by atoms with E-state index in [0.29, 0.717) is 40.4 Å². The highest BCUT2D eigenvalue weighted by atomic mass is 35.5. The SMILES string of the molecule is CC(C)(O)CC1CCN(C(=O)c2cc(-c3ccc(Cl)c(Cl)c3)n[nH]2)CC1. The number of aromatic nitrogens is 2. The van der Waals surface area contributed by atoms with Crippen molar-refractivity contribution in [3.8, 4) is 11.3 Å². The number of likely N-dealkylation sites (tertiary alicyclic amines) is 1. The summed E-state index contributed by atoms with van der Waals surface area (Å²) in [6.45, 7) is 5.06. The quantitative estimate of drug-likeness (QED) is 0.805. The van der Waals surface area contributed by atoms with Crippen LogP contribution in [-0.4, -0.2) is 44.8 Å². The average Bonchev–Trinajstić information content (AvgIpc) is 3.06. The molecular weight excluding hydrogens is 373 g/mol. The Morgan fingerprint density at radius 1 is 1.27 bits per heavy atom. The van der Waals surface area contributed by atoms with Crippen LogP contribution in [0, 0.1) is 5.92 Å². The molecule has 0 unspecified atom stereocenters. The number of rotatable bonds is 4. The monoisotopic (exact) mass is 395 g/mol. The predicted octanol–water partition coefficient (Wildman–Crippen LogP) is 4.40. The average molecular weight is 396 g/mol. The molecule has 2 aromatic rings. The Kier molecular flexibility index (Phi) is 5.61. The molecule has 1 aromatic carbocycles. The number of halogens is 2. The molecule has 140 valence electrons. The van der Waals surface area contributed by atoms with Crippen molar-refractivity contribution in [1.29, 1.82) is 0 Å². The number of piperidine rings is 1. The first-order valence-corrected chi connectivity index (χ1v) is 9.51. The maximum Gasteiger partial charge on any atom is 0.271 e. The molecule has 1 aliphatic heterocycles. The molecule has 0 spiro atoms. The maximum absolute atomic E-state index is 12.7. The van der Waals surface area contributed by atoms with Crippen molar-refractivity contribution in [3.05, 3.63) is 40.0 Å². The lowest BCUT2D eigenvalue weighted by Crippen LogP contribution is -2.40. The Labute approximate surface area is 163 Å². The van der Waals surface area contributed by atoms with Crippen LogP contribution in [0.3, 0.4) is 0 Å². The van der Waals surface area contributed by atoms with E-state index in [1.54, 1.807) is 18.2 Å². The normalized spacial score (nSPS) is 16.1. The van der Waals surface area contributed by atoms with Gasteiger partial charge >= 0.3 is 0 Å². The van der Waals surface area contributed by atoms with Gasteiger partial charge in [-0.15, -0.1) is 0 Å². The van der Waals surface area contributed by atoms with Gasteiger partial charge in [0.05, 0.1) is 21.3 Å². The lowest BCUT2D eigenvalue weighted by atomic mass is 9.86. The van der Waals surface area contributed by atoms with Crippen molar-refractivity contribution < 1.29 is 9.90 Å². The number of aliphatic hydroxyl groups is 1. The largest absolute Gasteiger partial charge is 0.390 e. The van der Waals surface area contributed by atoms with Crippen molar-refractivity contribution in [2.75, 3.05) is 13.1 Å². The van der Waals surface area contributed by atoms with Gasteiger partial charge in [0.25, 0.3) is 5.91 Å². The van der Waals surface area contributed by atoms with Crippen molar-refractivity contribution in [2.45, 2.75) is 38.7 Å². The Morgan fingerprint density at radius 3 is 2.58 bits per heavy atom. The number of hydrogen-bond donors (Lipinski definition) is 2. The number of benzene rings is 1. The molecule has 1 aromatic heterocycles. The molecule has 0 radical (unpaired) electrons. The molecule has 2 heterocycles. The minimum absolute atomic E-state index is 0.0504. The number of nitrogens with zero attached hydrogens (tertiary/aromatic N) is 2. The third kappa shape index (κ3) is 4.58. The second-order valence-electron chi connectivity index (χ2n) is 7.55. The summed E-state index contributed by atoms with van der Waals surface area (Å²) in [4.78, 5) is 14.6. The highest BCUT2D eigenvalue weighted by Crippen LogP contribution is 2.29. The van der Waals surface area contributed by atoms with Crippen molar-refractivity contribution in [3.63, 3.8) is 0 Å². The van der Waals surface area contributed by atoms with E-state index < -0.39 is 5.60 Å². The number of carbonyl (C=O) groups excluding carboxylic acids is 1. The van der Waals surface area contributed by atoms with Crippen molar-refractivity contribution in [2.24, 2.45) is 5.92 Å². The molecule has 3 rings (SSSR count). The van der Waals surface area contributed by atoms with Crippen LogP contribution in [-0.2, 0) is 0 Å². The van der Waals surface area contributed by atoms with Crippen LogP contribution in [0.5, 0.6) is 0 Å². The summed E-state index contributed by atoms with van der Waals surface area (Å²) in [5.74, 6) is 0.401. The second kappa shape index (κ2) is 7.59. The smallest absolute Gasteiger partial charge is 0.271 e. The highest BCUT2D eigenvalue weighted by Gasteiger charge is 2.28.